The van der Waals surface area contributed by atoms with Crippen LogP contribution in [0.1, 0.15) is 5.56 Å². The van der Waals surface area contributed by atoms with Crippen LogP contribution in [0, 0.1) is 6.92 Å². The zero-order valence-corrected chi connectivity index (χ0v) is 10.4. The number of hydrogen-bond acceptors (Lipinski definition) is 2. The Hall–Kier alpha value is -1.86. The van der Waals surface area contributed by atoms with Crippen LogP contribution in [0.2, 0.25) is 0 Å². The van der Waals surface area contributed by atoms with E-state index >= 15 is 0 Å². The lowest BCUT2D eigenvalue weighted by molar-refractivity contribution is 0.510. The summed E-state index contributed by atoms with van der Waals surface area (Å²) in [4.78, 5) is 0. The third-order valence-corrected chi connectivity index (χ3v) is 3.02. The van der Waals surface area contributed by atoms with Crippen molar-refractivity contribution < 1.29 is 9.09 Å². The van der Waals surface area contributed by atoms with Crippen molar-refractivity contribution in [2.24, 2.45) is 0 Å². The number of aryl methyl sites for hydroxylation is 1. The molecular formula is C13H13NO2P+. The van der Waals surface area contributed by atoms with Gasteiger partial charge in [-0.2, -0.15) is 0 Å². The predicted molar refractivity (Wildman–Crippen MR) is 69.5 cm³/mol. The zero-order valence-electron chi connectivity index (χ0n) is 9.46. The summed E-state index contributed by atoms with van der Waals surface area (Å²) in [7, 11) is -1.94. The van der Waals surface area contributed by atoms with Gasteiger partial charge in [0.2, 0.25) is 0 Å². The number of para-hydroxylation sites is 1. The highest BCUT2D eigenvalue weighted by molar-refractivity contribution is 7.41. The van der Waals surface area contributed by atoms with Gasteiger partial charge >= 0.3 is 8.18 Å². The Morgan fingerprint density at radius 1 is 1.00 bits per heavy atom. The maximum Gasteiger partial charge on any atom is 0.694 e. The molecule has 0 saturated heterocycles. The van der Waals surface area contributed by atoms with Gasteiger partial charge < -0.3 is 0 Å². The minimum absolute atomic E-state index is 0.591. The Morgan fingerprint density at radius 2 is 1.65 bits per heavy atom. The summed E-state index contributed by atoms with van der Waals surface area (Å²) in [5, 5.41) is 2.80. The smallest absolute Gasteiger partial charge is 0.235 e. The van der Waals surface area contributed by atoms with E-state index in [1.54, 1.807) is 12.1 Å². The van der Waals surface area contributed by atoms with E-state index in [4.69, 9.17) is 4.52 Å². The molecule has 0 aromatic heterocycles. The van der Waals surface area contributed by atoms with Crippen LogP contribution in [0.4, 0.5) is 5.69 Å². The third kappa shape index (κ3) is 3.58. The van der Waals surface area contributed by atoms with Gasteiger partial charge in [-0.1, -0.05) is 35.9 Å². The normalized spacial score (nSPS) is 10.8. The molecule has 17 heavy (non-hydrogen) atoms. The van der Waals surface area contributed by atoms with Gasteiger partial charge in [0.15, 0.2) is 5.75 Å². The second kappa shape index (κ2) is 5.46. The summed E-state index contributed by atoms with van der Waals surface area (Å²) in [6.07, 6.45) is 0. The van der Waals surface area contributed by atoms with Gasteiger partial charge in [0, 0.05) is 4.57 Å². The molecule has 2 aromatic carbocycles. The Bertz CT molecular complexity index is 497. The van der Waals surface area contributed by atoms with Crippen molar-refractivity contribution in [2.45, 2.75) is 6.92 Å². The number of benzene rings is 2. The molecule has 0 amide bonds. The lowest BCUT2D eigenvalue weighted by Crippen LogP contribution is -1.91. The fourth-order valence-corrected chi connectivity index (χ4v) is 2.05. The average molecular weight is 246 g/mol. The lowest BCUT2D eigenvalue weighted by Gasteiger charge is -1.96. The minimum atomic E-state index is -1.94. The van der Waals surface area contributed by atoms with Crippen LogP contribution in [0.3, 0.4) is 0 Å². The van der Waals surface area contributed by atoms with Crippen molar-refractivity contribution in [2.75, 3.05) is 5.09 Å². The largest absolute Gasteiger partial charge is 0.694 e. The van der Waals surface area contributed by atoms with Crippen molar-refractivity contribution in [3.63, 3.8) is 0 Å². The molecular weight excluding hydrogens is 233 g/mol. The first-order valence-electron chi connectivity index (χ1n) is 5.27. The maximum atomic E-state index is 11.7. The van der Waals surface area contributed by atoms with E-state index < -0.39 is 8.18 Å². The van der Waals surface area contributed by atoms with E-state index in [1.165, 1.54) is 0 Å². The van der Waals surface area contributed by atoms with Crippen LogP contribution in [-0.4, -0.2) is 0 Å². The van der Waals surface area contributed by atoms with Crippen LogP contribution in [0.15, 0.2) is 54.6 Å². The summed E-state index contributed by atoms with van der Waals surface area (Å²) in [5.74, 6) is 0.591. The molecule has 0 saturated carbocycles. The molecule has 0 aliphatic rings. The van der Waals surface area contributed by atoms with Gasteiger partial charge in [-0.15, -0.1) is 5.09 Å². The van der Waals surface area contributed by atoms with Crippen molar-refractivity contribution >= 4 is 13.9 Å². The Morgan fingerprint density at radius 3 is 2.29 bits per heavy atom. The van der Waals surface area contributed by atoms with Crippen LogP contribution < -0.4 is 9.61 Å². The maximum absolute atomic E-state index is 11.7. The molecule has 0 bridgehead atoms. The minimum Gasteiger partial charge on any atom is -0.235 e. The molecule has 1 N–H and O–H groups in total. The fourth-order valence-electron chi connectivity index (χ4n) is 1.33. The molecule has 0 fully saturated rings. The van der Waals surface area contributed by atoms with E-state index in [0.717, 1.165) is 11.3 Å². The second-order valence-corrected chi connectivity index (χ2v) is 4.56. The summed E-state index contributed by atoms with van der Waals surface area (Å²) in [6, 6.07) is 16.7. The summed E-state index contributed by atoms with van der Waals surface area (Å²) < 4.78 is 16.9. The molecule has 0 radical (unpaired) electrons. The quantitative estimate of drug-likeness (QED) is 0.824. The molecule has 0 aliphatic heterocycles. The predicted octanol–water partition coefficient (Wildman–Crippen LogP) is 4.14. The second-order valence-electron chi connectivity index (χ2n) is 3.64. The highest BCUT2D eigenvalue weighted by Crippen LogP contribution is 2.28. The molecule has 1 atom stereocenters. The number of hydrogen-bond donors (Lipinski definition) is 1. The fraction of sp³-hybridized carbons (Fsp3) is 0.0769. The van der Waals surface area contributed by atoms with E-state index in [-0.39, 0.29) is 0 Å². The molecule has 2 aromatic rings. The Kier molecular flexibility index (Phi) is 3.73. The van der Waals surface area contributed by atoms with Crippen molar-refractivity contribution in [3.8, 4) is 5.75 Å². The van der Waals surface area contributed by atoms with Crippen LogP contribution >= 0.6 is 8.18 Å². The molecule has 0 aliphatic carbocycles. The van der Waals surface area contributed by atoms with Crippen LogP contribution in [0.5, 0.6) is 5.75 Å². The zero-order chi connectivity index (χ0) is 12.1. The van der Waals surface area contributed by atoms with E-state index in [9.17, 15) is 4.57 Å². The van der Waals surface area contributed by atoms with E-state index in [0.29, 0.717) is 5.75 Å². The van der Waals surface area contributed by atoms with Gasteiger partial charge in [0.1, 0.15) is 0 Å². The average Bonchev–Trinajstić information content (AvgIpc) is 2.33. The molecule has 3 nitrogen and oxygen atoms in total. The Balaban J connectivity index is 1.96. The van der Waals surface area contributed by atoms with E-state index in [1.807, 2.05) is 49.4 Å². The van der Waals surface area contributed by atoms with Gasteiger partial charge in [0.25, 0.3) is 0 Å². The molecule has 4 heteroatoms. The van der Waals surface area contributed by atoms with Crippen LogP contribution in [-0.2, 0) is 4.57 Å². The van der Waals surface area contributed by atoms with Crippen molar-refractivity contribution in [1.82, 2.24) is 0 Å². The number of rotatable bonds is 4. The number of anilines is 1. The van der Waals surface area contributed by atoms with Gasteiger partial charge in [-0.3, -0.25) is 0 Å². The summed E-state index contributed by atoms with van der Waals surface area (Å²) >= 11 is 0. The first-order valence-corrected chi connectivity index (χ1v) is 6.45. The van der Waals surface area contributed by atoms with E-state index in [2.05, 4.69) is 5.09 Å². The third-order valence-electron chi connectivity index (χ3n) is 2.20. The summed E-state index contributed by atoms with van der Waals surface area (Å²) in [6.45, 7) is 2.00. The molecule has 0 spiro atoms. The highest BCUT2D eigenvalue weighted by atomic mass is 31.1. The van der Waals surface area contributed by atoms with Gasteiger partial charge in [-0.25, -0.2) is 4.52 Å². The van der Waals surface area contributed by atoms with Crippen LogP contribution in [0.25, 0.3) is 0 Å². The van der Waals surface area contributed by atoms with Crippen molar-refractivity contribution in [1.29, 1.82) is 0 Å². The topological polar surface area (TPSA) is 38.3 Å². The lowest BCUT2D eigenvalue weighted by atomic mass is 10.2. The SMILES string of the molecule is Cc1ccc(N[P+](=O)Oc2ccccc2)cc1. The molecule has 86 valence electrons. The van der Waals surface area contributed by atoms with Gasteiger partial charge in [-0.05, 0) is 31.2 Å². The standard InChI is InChI=1S/C13H13NO2P/c1-11-7-9-12(10-8-11)14-17(15)16-13-5-3-2-4-6-13/h2-10H,1H3,(H,14,15)/q+1. The highest BCUT2D eigenvalue weighted by Gasteiger charge is 2.19. The first-order chi connectivity index (χ1) is 8.24. The molecule has 1 unspecified atom stereocenters. The molecule has 2 rings (SSSR count). The molecule has 0 heterocycles. The first kappa shape index (κ1) is 11.6. The summed E-state index contributed by atoms with van der Waals surface area (Å²) in [5.41, 5.74) is 1.95. The Labute approximate surface area is 101 Å². The van der Waals surface area contributed by atoms with Crippen molar-refractivity contribution in [3.05, 3.63) is 60.2 Å². The monoisotopic (exact) mass is 246 g/mol. The number of nitrogens with one attached hydrogen (secondary N) is 1. The van der Waals surface area contributed by atoms with Gasteiger partial charge in [0.05, 0.1) is 5.69 Å².